The van der Waals surface area contributed by atoms with Gasteiger partial charge in [0.15, 0.2) is 6.10 Å². The maximum atomic E-state index is 12.5. The minimum atomic E-state index is -0.456. The second-order valence-corrected chi connectivity index (χ2v) is 6.01. The first-order chi connectivity index (χ1) is 11.7. The Kier molecular flexibility index (Phi) is 5.48. The molecule has 1 atom stereocenters. The first-order valence-electron chi connectivity index (χ1n) is 8.42. The Bertz CT molecular complexity index is 622. The molecule has 1 fully saturated rings. The van der Waals surface area contributed by atoms with Gasteiger partial charge in [-0.05, 0) is 25.1 Å². The fourth-order valence-electron chi connectivity index (χ4n) is 2.88. The number of rotatable bonds is 6. The van der Waals surface area contributed by atoms with Gasteiger partial charge in [0, 0.05) is 45.1 Å². The lowest BCUT2D eigenvalue weighted by molar-refractivity contribution is -0.139. The molecule has 3 rings (SSSR count). The number of nitrogens with zero attached hydrogens (tertiary/aromatic N) is 4. The summed E-state index contributed by atoms with van der Waals surface area (Å²) in [5, 5.41) is 4.22. The molecule has 0 aliphatic carbocycles. The van der Waals surface area contributed by atoms with E-state index in [-0.39, 0.29) is 5.91 Å². The van der Waals surface area contributed by atoms with Crippen LogP contribution < -0.4 is 4.74 Å². The first-order valence-corrected chi connectivity index (χ1v) is 8.42. The smallest absolute Gasteiger partial charge is 0.263 e. The third-order valence-corrected chi connectivity index (χ3v) is 4.29. The van der Waals surface area contributed by atoms with Crippen molar-refractivity contribution < 1.29 is 9.53 Å². The molecule has 6 heteroatoms. The number of hydrogen-bond acceptors (Lipinski definition) is 4. The molecule has 2 heterocycles. The number of hydrogen-bond donors (Lipinski definition) is 0. The molecule has 128 valence electrons. The largest absolute Gasteiger partial charge is 0.481 e. The maximum Gasteiger partial charge on any atom is 0.263 e. The van der Waals surface area contributed by atoms with E-state index in [2.05, 4.69) is 10.00 Å². The predicted octanol–water partition coefficient (Wildman–Crippen LogP) is 1.49. The minimum Gasteiger partial charge on any atom is -0.481 e. The molecule has 1 amide bonds. The Labute approximate surface area is 142 Å². The number of carbonyl (C=O) groups is 1. The minimum absolute atomic E-state index is 0.0607. The van der Waals surface area contributed by atoms with Gasteiger partial charge in [0.25, 0.3) is 5.91 Å². The number of piperazine rings is 1. The fourth-order valence-corrected chi connectivity index (χ4v) is 2.88. The maximum absolute atomic E-state index is 12.5. The molecule has 0 spiro atoms. The van der Waals surface area contributed by atoms with Gasteiger partial charge in [-0.25, -0.2) is 0 Å². The highest BCUT2D eigenvalue weighted by Crippen LogP contribution is 2.13. The summed E-state index contributed by atoms with van der Waals surface area (Å²) in [7, 11) is 0. The first kappa shape index (κ1) is 16.5. The average Bonchev–Trinajstić information content (AvgIpc) is 3.14. The lowest BCUT2D eigenvalue weighted by atomic mass is 10.2. The van der Waals surface area contributed by atoms with Gasteiger partial charge in [0.05, 0.1) is 6.54 Å². The highest BCUT2D eigenvalue weighted by Gasteiger charge is 2.25. The molecule has 1 aromatic carbocycles. The van der Waals surface area contributed by atoms with Crippen LogP contribution in [0.15, 0.2) is 48.8 Å². The molecule has 6 nitrogen and oxygen atoms in total. The van der Waals surface area contributed by atoms with Gasteiger partial charge in [0.1, 0.15) is 5.75 Å². The number of carbonyl (C=O) groups excluding carboxylic acids is 1. The van der Waals surface area contributed by atoms with E-state index < -0.39 is 6.10 Å². The van der Waals surface area contributed by atoms with Crippen molar-refractivity contribution in [3.63, 3.8) is 0 Å². The van der Waals surface area contributed by atoms with Crippen molar-refractivity contribution in [1.29, 1.82) is 0 Å². The Morgan fingerprint density at radius 1 is 1.12 bits per heavy atom. The van der Waals surface area contributed by atoms with E-state index in [9.17, 15) is 4.79 Å². The number of benzene rings is 1. The van der Waals surface area contributed by atoms with Crippen LogP contribution in [0.3, 0.4) is 0 Å². The molecule has 0 N–H and O–H groups in total. The van der Waals surface area contributed by atoms with Crippen molar-refractivity contribution in [3.05, 3.63) is 48.8 Å². The Balaban J connectivity index is 1.42. The summed E-state index contributed by atoms with van der Waals surface area (Å²) in [5.41, 5.74) is 0. The number of amides is 1. The Hall–Kier alpha value is -2.34. The van der Waals surface area contributed by atoms with Crippen molar-refractivity contribution >= 4 is 5.91 Å². The van der Waals surface area contributed by atoms with Gasteiger partial charge >= 0.3 is 0 Å². The lowest BCUT2D eigenvalue weighted by Gasteiger charge is -2.35. The fraction of sp³-hybridized carbons (Fsp3) is 0.444. The van der Waals surface area contributed by atoms with Gasteiger partial charge in [-0.1, -0.05) is 18.2 Å². The lowest BCUT2D eigenvalue weighted by Crippen LogP contribution is -2.52. The molecular weight excluding hydrogens is 304 g/mol. The molecule has 1 aliphatic heterocycles. The molecular formula is C18H24N4O2. The van der Waals surface area contributed by atoms with Crippen LogP contribution in [0.1, 0.15) is 6.92 Å². The van der Waals surface area contributed by atoms with E-state index in [1.165, 1.54) is 0 Å². The van der Waals surface area contributed by atoms with Gasteiger partial charge in [-0.3, -0.25) is 14.4 Å². The van der Waals surface area contributed by atoms with Crippen molar-refractivity contribution in [1.82, 2.24) is 19.6 Å². The van der Waals surface area contributed by atoms with Gasteiger partial charge in [-0.15, -0.1) is 0 Å². The molecule has 0 bridgehead atoms. The third-order valence-electron chi connectivity index (χ3n) is 4.29. The quantitative estimate of drug-likeness (QED) is 0.806. The standard InChI is InChI=1S/C18H24N4O2/c1-16(24-17-6-3-2-4-7-17)18(23)21-13-10-20(11-14-21)12-15-22-9-5-8-19-22/h2-9,16H,10-15H2,1H3. The van der Waals surface area contributed by atoms with Crippen LogP contribution in [0, 0.1) is 0 Å². The van der Waals surface area contributed by atoms with Crippen LogP contribution >= 0.6 is 0 Å². The van der Waals surface area contributed by atoms with E-state index >= 15 is 0 Å². The van der Waals surface area contributed by atoms with Crippen molar-refractivity contribution in [2.45, 2.75) is 19.6 Å². The Morgan fingerprint density at radius 2 is 1.88 bits per heavy atom. The van der Waals surface area contributed by atoms with Gasteiger partial charge in [-0.2, -0.15) is 5.10 Å². The Morgan fingerprint density at radius 3 is 2.54 bits per heavy atom. The van der Waals surface area contributed by atoms with Crippen molar-refractivity contribution in [3.8, 4) is 5.75 Å². The van der Waals surface area contributed by atoms with Crippen LogP contribution in [0.2, 0.25) is 0 Å². The molecule has 0 saturated carbocycles. The second kappa shape index (κ2) is 7.97. The normalized spacial score (nSPS) is 16.8. The summed E-state index contributed by atoms with van der Waals surface area (Å²) >= 11 is 0. The average molecular weight is 328 g/mol. The number of aromatic nitrogens is 2. The molecule has 24 heavy (non-hydrogen) atoms. The zero-order chi connectivity index (χ0) is 16.8. The van der Waals surface area contributed by atoms with Crippen LogP contribution in [0.25, 0.3) is 0 Å². The van der Waals surface area contributed by atoms with E-state index in [1.54, 1.807) is 6.20 Å². The van der Waals surface area contributed by atoms with Crippen molar-refractivity contribution in [2.75, 3.05) is 32.7 Å². The molecule has 1 aromatic heterocycles. The van der Waals surface area contributed by atoms with E-state index in [4.69, 9.17) is 4.74 Å². The number of para-hydroxylation sites is 1. The molecule has 1 aliphatic rings. The summed E-state index contributed by atoms with van der Waals surface area (Å²) < 4.78 is 7.67. The summed E-state index contributed by atoms with van der Waals surface area (Å²) in [6, 6.07) is 11.4. The van der Waals surface area contributed by atoms with Gasteiger partial charge in [0.2, 0.25) is 0 Å². The topological polar surface area (TPSA) is 50.6 Å². The molecule has 1 saturated heterocycles. The zero-order valence-corrected chi connectivity index (χ0v) is 14.0. The van der Waals surface area contributed by atoms with Crippen LogP contribution in [0.4, 0.5) is 0 Å². The highest BCUT2D eigenvalue weighted by molar-refractivity contribution is 5.81. The third kappa shape index (κ3) is 4.35. The summed E-state index contributed by atoms with van der Waals surface area (Å²) in [5.74, 6) is 0.793. The van der Waals surface area contributed by atoms with E-state index in [1.807, 2.05) is 59.1 Å². The van der Waals surface area contributed by atoms with Crippen LogP contribution in [-0.4, -0.2) is 64.3 Å². The monoisotopic (exact) mass is 328 g/mol. The summed E-state index contributed by atoms with van der Waals surface area (Å²) in [4.78, 5) is 16.8. The summed E-state index contributed by atoms with van der Waals surface area (Å²) in [6.07, 6.45) is 3.32. The van der Waals surface area contributed by atoms with Crippen molar-refractivity contribution in [2.24, 2.45) is 0 Å². The van der Waals surface area contributed by atoms with Crippen LogP contribution in [-0.2, 0) is 11.3 Å². The highest BCUT2D eigenvalue weighted by atomic mass is 16.5. The van der Waals surface area contributed by atoms with E-state index in [0.29, 0.717) is 0 Å². The summed E-state index contributed by atoms with van der Waals surface area (Å²) in [6.45, 7) is 6.95. The zero-order valence-electron chi connectivity index (χ0n) is 14.0. The number of ether oxygens (including phenoxy) is 1. The predicted molar refractivity (Wildman–Crippen MR) is 91.8 cm³/mol. The molecule has 0 radical (unpaired) electrons. The SMILES string of the molecule is CC(Oc1ccccc1)C(=O)N1CCN(CCn2cccn2)CC1. The van der Waals surface area contributed by atoms with Gasteiger partial charge < -0.3 is 9.64 Å². The molecule has 1 unspecified atom stereocenters. The van der Waals surface area contributed by atoms with E-state index in [0.717, 1.165) is 45.0 Å². The van der Waals surface area contributed by atoms with Crippen LogP contribution in [0.5, 0.6) is 5.75 Å². The molecule has 2 aromatic rings. The second-order valence-electron chi connectivity index (χ2n) is 6.01.